The normalized spacial score (nSPS) is 21.6. The molecule has 1 N–H and O–H groups in total. The van der Waals surface area contributed by atoms with Gasteiger partial charge in [-0.15, -0.1) is 0 Å². The smallest absolute Gasteiger partial charge is 0.259 e. The SMILES string of the molecule is COCCO[C@H]1C(c2ccc(C(=O)N(c3ncccc3C)[C@@H]3CCCNC3)cc2)=NOC1(C)C. The molecule has 1 saturated heterocycles. The second kappa shape index (κ2) is 10.6. The molecule has 1 aromatic carbocycles. The first-order valence-corrected chi connectivity index (χ1v) is 11.9. The second-order valence-electron chi connectivity index (χ2n) is 9.31. The average molecular weight is 467 g/mol. The first-order valence-electron chi connectivity index (χ1n) is 11.9. The maximum Gasteiger partial charge on any atom is 0.259 e. The summed E-state index contributed by atoms with van der Waals surface area (Å²) in [6.07, 6.45) is 3.38. The molecular formula is C26H34N4O4. The predicted molar refractivity (Wildman–Crippen MR) is 131 cm³/mol. The summed E-state index contributed by atoms with van der Waals surface area (Å²) in [5.74, 6) is 0.659. The molecule has 1 fully saturated rings. The molecule has 2 aliphatic heterocycles. The van der Waals surface area contributed by atoms with Crippen molar-refractivity contribution >= 4 is 17.4 Å². The van der Waals surface area contributed by atoms with Gasteiger partial charge < -0.3 is 19.6 Å². The fourth-order valence-corrected chi connectivity index (χ4v) is 4.47. The third kappa shape index (κ3) is 5.14. The molecule has 0 saturated carbocycles. The number of hydrogen-bond acceptors (Lipinski definition) is 7. The molecule has 1 aromatic heterocycles. The number of pyridine rings is 1. The first kappa shape index (κ1) is 24.3. The lowest BCUT2D eigenvalue weighted by Gasteiger charge is -2.34. The van der Waals surface area contributed by atoms with E-state index in [4.69, 9.17) is 14.3 Å². The third-order valence-corrected chi connectivity index (χ3v) is 6.32. The van der Waals surface area contributed by atoms with Crippen LogP contribution in [0.5, 0.6) is 0 Å². The zero-order chi connectivity index (χ0) is 24.1. The maximum atomic E-state index is 13.7. The molecule has 4 rings (SSSR count). The Morgan fingerprint density at radius 3 is 2.71 bits per heavy atom. The van der Waals surface area contributed by atoms with Crippen molar-refractivity contribution in [3.63, 3.8) is 0 Å². The number of carbonyl (C=O) groups excluding carboxylic acids is 1. The van der Waals surface area contributed by atoms with Gasteiger partial charge in [-0.1, -0.05) is 23.4 Å². The fraction of sp³-hybridized carbons (Fsp3) is 0.500. The Balaban J connectivity index is 1.58. The molecule has 0 spiro atoms. The summed E-state index contributed by atoms with van der Waals surface area (Å²) in [4.78, 5) is 25.8. The Hall–Kier alpha value is -2.81. The largest absolute Gasteiger partial charge is 0.386 e. The highest BCUT2D eigenvalue weighted by molar-refractivity contribution is 6.08. The number of methoxy groups -OCH3 is 1. The predicted octanol–water partition coefficient (Wildman–Crippen LogP) is 3.33. The lowest BCUT2D eigenvalue weighted by Crippen LogP contribution is -2.49. The van der Waals surface area contributed by atoms with Crippen LogP contribution in [0.2, 0.25) is 0 Å². The minimum Gasteiger partial charge on any atom is -0.386 e. The van der Waals surface area contributed by atoms with Gasteiger partial charge in [0.1, 0.15) is 17.6 Å². The van der Waals surface area contributed by atoms with Crippen molar-refractivity contribution in [2.24, 2.45) is 5.16 Å². The molecule has 1 amide bonds. The number of piperidine rings is 1. The number of aryl methyl sites for hydroxylation is 1. The monoisotopic (exact) mass is 466 g/mol. The lowest BCUT2D eigenvalue weighted by molar-refractivity contribution is -0.0809. The van der Waals surface area contributed by atoms with Crippen LogP contribution in [0.3, 0.4) is 0 Å². The van der Waals surface area contributed by atoms with Gasteiger partial charge >= 0.3 is 0 Å². The first-order chi connectivity index (χ1) is 16.4. The van der Waals surface area contributed by atoms with Gasteiger partial charge in [0.15, 0.2) is 5.60 Å². The van der Waals surface area contributed by atoms with E-state index >= 15 is 0 Å². The van der Waals surface area contributed by atoms with Crippen LogP contribution >= 0.6 is 0 Å². The molecule has 0 aliphatic carbocycles. The summed E-state index contributed by atoms with van der Waals surface area (Å²) in [5.41, 5.74) is 2.58. The van der Waals surface area contributed by atoms with Crippen LogP contribution in [-0.4, -0.2) is 67.8 Å². The molecule has 3 heterocycles. The van der Waals surface area contributed by atoms with Crippen LogP contribution in [0, 0.1) is 6.92 Å². The van der Waals surface area contributed by atoms with Gasteiger partial charge in [0, 0.05) is 31.0 Å². The third-order valence-electron chi connectivity index (χ3n) is 6.32. The van der Waals surface area contributed by atoms with E-state index in [1.807, 2.05) is 62.1 Å². The molecule has 0 bridgehead atoms. The number of aromatic nitrogens is 1. The maximum absolute atomic E-state index is 13.7. The van der Waals surface area contributed by atoms with E-state index in [1.165, 1.54) is 0 Å². The van der Waals surface area contributed by atoms with Gasteiger partial charge in [0.05, 0.1) is 19.3 Å². The van der Waals surface area contributed by atoms with Gasteiger partial charge in [0.25, 0.3) is 5.91 Å². The number of hydrogen-bond donors (Lipinski definition) is 1. The summed E-state index contributed by atoms with van der Waals surface area (Å²) in [5, 5.41) is 7.71. The highest BCUT2D eigenvalue weighted by Crippen LogP contribution is 2.30. The molecule has 34 heavy (non-hydrogen) atoms. The molecule has 2 aromatic rings. The summed E-state index contributed by atoms with van der Waals surface area (Å²) in [6, 6.07) is 11.5. The van der Waals surface area contributed by atoms with Crippen molar-refractivity contribution in [2.45, 2.75) is 51.4 Å². The summed E-state index contributed by atoms with van der Waals surface area (Å²) < 4.78 is 11.1. The number of carbonyl (C=O) groups is 1. The number of rotatable bonds is 8. The minimum atomic E-state index is -0.584. The Labute approximate surface area is 201 Å². The molecule has 8 heteroatoms. The van der Waals surface area contributed by atoms with Gasteiger partial charge in [-0.05, 0) is 63.9 Å². The number of ether oxygens (including phenoxy) is 2. The van der Waals surface area contributed by atoms with Crippen LogP contribution in [0.4, 0.5) is 5.82 Å². The van der Waals surface area contributed by atoms with Crippen LogP contribution in [0.1, 0.15) is 48.2 Å². The number of nitrogens with zero attached hydrogens (tertiary/aromatic N) is 3. The van der Waals surface area contributed by atoms with Crippen molar-refractivity contribution < 1.29 is 19.1 Å². The van der Waals surface area contributed by atoms with Gasteiger partial charge in [-0.25, -0.2) is 4.98 Å². The number of oxime groups is 1. The summed E-state index contributed by atoms with van der Waals surface area (Å²) in [7, 11) is 1.64. The van der Waals surface area contributed by atoms with Crippen molar-refractivity contribution in [1.29, 1.82) is 0 Å². The van der Waals surface area contributed by atoms with Crippen molar-refractivity contribution in [1.82, 2.24) is 10.3 Å². The molecule has 0 radical (unpaired) electrons. The van der Waals surface area contributed by atoms with E-state index in [1.54, 1.807) is 13.3 Å². The molecular weight excluding hydrogens is 432 g/mol. The molecule has 2 aliphatic rings. The Kier molecular flexibility index (Phi) is 7.60. The zero-order valence-corrected chi connectivity index (χ0v) is 20.4. The van der Waals surface area contributed by atoms with Crippen molar-refractivity contribution in [3.05, 3.63) is 59.3 Å². The molecule has 0 unspecified atom stereocenters. The Morgan fingerprint density at radius 1 is 1.24 bits per heavy atom. The standard InChI is InChI=1S/C26H34N4O4/c1-18-7-5-14-28-24(18)30(21-8-6-13-27-17-21)25(31)20-11-9-19(10-12-20)22-23(33-16-15-32-4)26(2,3)34-29-22/h5,7,9-12,14,21,23,27H,6,8,13,15-17H2,1-4H3/t21-,23+/m1/s1. The van der Waals surface area contributed by atoms with Crippen LogP contribution in [-0.2, 0) is 14.3 Å². The summed E-state index contributed by atoms with van der Waals surface area (Å²) >= 11 is 0. The van der Waals surface area contributed by atoms with E-state index in [0.717, 1.165) is 37.1 Å². The quantitative estimate of drug-likeness (QED) is 0.601. The lowest BCUT2D eigenvalue weighted by atomic mass is 9.93. The van der Waals surface area contributed by atoms with Gasteiger partial charge in [0.2, 0.25) is 0 Å². The number of anilines is 1. The number of nitrogens with one attached hydrogen (secondary N) is 1. The van der Waals surface area contributed by atoms with E-state index in [2.05, 4.69) is 15.5 Å². The van der Waals surface area contributed by atoms with Crippen LogP contribution in [0.15, 0.2) is 47.8 Å². The van der Waals surface area contributed by atoms with E-state index < -0.39 is 5.60 Å². The Morgan fingerprint density at radius 2 is 2.03 bits per heavy atom. The highest BCUT2D eigenvalue weighted by atomic mass is 16.7. The van der Waals surface area contributed by atoms with Crippen molar-refractivity contribution in [2.75, 3.05) is 38.3 Å². The minimum absolute atomic E-state index is 0.0557. The fourth-order valence-electron chi connectivity index (χ4n) is 4.47. The Bertz CT molecular complexity index is 1020. The average Bonchev–Trinajstić information content (AvgIpc) is 3.15. The highest BCUT2D eigenvalue weighted by Gasteiger charge is 2.43. The summed E-state index contributed by atoms with van der Waals surface area (Å²) in [6.45, 7) is 8.55. The zero-order valence-electron chi connectivity index (χ0n) is 20.4. The van der Waals surface area contributed by atoms with E-state index in [0.29, 0.717) is 30.3 Å². The molecule has 182 valence electrons. The van der Waals surface area contributed by atoms with Crippen LogP contribution < -0.4 is 10.2 Å². The number of benzene rings is 1. The molecule has 8 nitrogen and oxygen atoms in total. The topological polar surface area (TPSA) is 85.3 Å². The molecule has 2 atom stereocenters. The number of amides is 1. The van der Waals surface area contributed by atoms with Crippen molar-refractivity contribution in [3.8, 4) is 0 Å². The van der Waals surface area contributed by atoms with Gasteiger partial charge in [-0.2, -0.15) is 0 Å². The van der Waals surface area contributed by atoms with E-state index in [9.17, 15) is 4.79 Å². The van der Waals surface area contributed by atoms with Crippen LogP contribution in [0.25, 0.3) is 0 Å². The van der Waals surface area contributed by atoms with Gasteiger partial charge in [-0.3, -0.25) is 9.69 Å². The van der Waals surface area contributed by atoms with E-state index in [-0.39, 0.29) is 18.1 Å². The second-order valence-corrected chi connectivity index (χ2v) is 9.31.